The van der Waals surface area contributed by atoms with E-state index in [4.69, 9.17) is 0 Å². The summed E-state index contributed by atoms with van der Waals surface area (Å²) in [6.07, 6.45) is -0.836. The third kappa shape index (κ3) is 2.41. The van der Waals surface area contributed by atoms with Crippen LogP contribution in [0.3, 0.4) is 0 Å². The van der Waals surface area contributed by atoms with E-state index < -0.39 is 18.3 Å². The molecule has 2 atom stereocenters. The van der Waals surface area contributed by atoms with Crippen molar-refractivity contribution in [2.24, 2.45) is 17.3 Å². The number of halogens is 2. The van der Waals surface area contributed by atoms with Crippen LogP contribution in [-0.4, -0.2) is 12.3 Å². The molecule has 2 unspecified atom stereocenters. The number of rotatable bonds is 0. The van der Waals surface area contributed by atoms with Crippen LogP contribution in [0.2, 0.25) is 0 Å². The zero-order chi connectivity index (χ0) is 10.2. The Morgan fingerprint density at radius 2 is 1.38 bits per heavy atom. The van der Waals surface area contributed by atoms with Crippen LogP contribution in [0.5, 0.6) is 0 Å². The smallest absolute Gasteiger partial charge is 0.106 e. The van der Waals surface area contributed by atoms with Gasteiger partial charge in [0.1, 0.15) is 12.3 Å². The third-order valence-corrected chi connectivity index (χ3v) is 3.39. The topological polar surface area (TPSA) is 0 Å². The molecule has 1 rings (SSSR count). The van der Waals surface area contributed by atoms with Gasteiger partial charge < -0.3 is 0 Å². The Morgan fingerprint density at radius 1 is 1.00 bits per heavy atom. The second-order valence-corrected chi connectivity index (χ2v) is 5.43. The quantitative estimate of drug-likeness (QED) is 0.545. The van der Waals surface area contributed by atoms with Crippen LogP contribution in [0.4, 0.5) is 8.78 Å². The zero-order valence-corrected chi connectivity index (χ0v) is 8.98. The van der Waals surface area contributed by atoms with Gasteiger partial charge in [-0.05, 0) is 24.2 Å². The lowest BCUT2D eigenvalue weighted by atomic mass is 9.69. The molecule has 0 N–H and O–H groups in total. The average molecular weight is 190 g/mol. The van der Waals surface area contributed by atoms with E-state index >= 15 is 0 Å². The van der Waals surface area contributed by atoms with Gasteiger partial charge in [0.25, 0.3) is 0 Å². The van der Waals surface area contributed by atoms with Crippen LogP contribution in [-0.2, 0) is 0 Å². The second-order valence-electron chi connectivity index (χ2n) is 5.43. The largest absolute Gasteiger partial charge is 0.247 e. The highest BCUT2D eigenvalue weighted by molar-refractivity contribution is 4.88. The molecule has 0 spiro atoms. The van der Waals surface area contributed by atoms with Gasteiger partial charge in [-0.1, -0.05) is 27.7 Å². The Morgan fingerprint density at radius 3 is 1.69 bits per heavy atom. The zero-order valence-electron chi connectivity index (χ0n) is 8.98. The van der Waals surface area contributed by atoms with Crippen molar-refractivity contribution in [3.05, 3.63) is 0 Å². The molecule has 0 aliphatic heterocycles. The van der Waals surface area contributed by atoms with E-state index in [1.165, 1.54) is 0 Å². The van der Waals surface area contributed by atoms with Gasteiger partial charge in [0.15, 0.2) is 0 Å². The highest BCUT2D eigenvalue weighted by Gasteiger charge is 2.39. The lowest BCUT2D eigenvalue weighted by molar-refractivity contribution is 0.0158. The molecule has 0 bridgehead atoms. The molecular weight excluding hydrogens is 170 g/mol. The van der Waals surface area contributed by atoms with Crippen LogP contribution >= 0.6 is 0 Å². The number of alkyl halides is 2. The molecule has 0 aromatic rings. The maximum absolute atomic E-state index is 13.4. The summed E-state index contributed by atoms with van der Waals surface area (Å²) in [5.74, 6) is -0.215. The van der Waals surface area contributed by atoms with E-state index in [2.05, 4.69) is 20.8 Å². The highest BCUT2D eigenvalue weighted by Crippen LogP contribution is 2.42. The third-order valence-electron chi connectivity index (χ3n) is 3.39. The normalized spacial score (nSPS) is 42.0. The fraction of sp³-hybridized carbons (Fsp3) is 1.00. The predicted molar refractivity (Wildman–Crippen MR) is 51.1 cm³/mol. The summed E-state index contributed by atoms with van der Waals surface area (Å²) >= 11 is 0. The summed E-state index contributed by atoms with van der Waals surface area (Å²) in [5.41, 5.74) is 0.0365. The molecule has 1 aliphatic carbocycles. The van der Waals surface area contributed by atoms with Crippen molar-refractivity contribution >= 4 is 0 Å². The molecule has 78 valence electrons. The van der Waals surface area contributed by atoms with E-state index in [0.717, 1.165) is 0 Å². The molecule has 1 saturated carbocycles. The van der Waals surface area contributed by atoms with Gasteiger partial charge in [0.05, 0.1) is 0 Å². The highest BCUT2D eigenvalue weighted by atomic mass is 19.1. The SMILES string of the molecule is CC1C(F)CC(C(C)(C)C)CC1F. The van der Waals surface area contributed by atoms with E-state index in [0.29, 0.717) is 12.8 Å². The van der Waals surface area contributed by atoms with E-state index in [9.17, 15) is 8.78 Å². The Balaban J connectivity index is 2.64. The summed E-state index contributed by atoms with van der Waals surface area (Å²) in [6.45, 7) is 7.86. The summed E-state index contributed by atoms with van der Waals surface area (Å²) in [7, 11) is 0. The first-order valence-corrected chi connectivity index (χ1v) is 5.10. The van der Waals surface area contributed by atoms with Gasteiger partial charge in [-0.3, -0.25) is 0 Å². The fourth-order valence-electron chi connectivity index (χ4n) is 2.00. The summed E-state index contributed by atoms with van der Waals surface area (Å²) in [5, 5.41) is 0. The summed E-state index contributed by atoms with van der Waals surface area (Å²) < 4.78 is 26.7. The van der Waals surface area contributed by atoms with Crippen molar-refractivity contribution in [3.8, 4) is 0 Å². The van der Waals surface area contributed by atoms with Gasteiger partial charge in [-0.2, -0.15) is 0 Å². The molecule has 0 radical (unpaired) electrons. The lowest BCUT2D eigenvalue weighted by Crippen LogP contribution is -2.38. The molecule has 1 aliphatic rings. The van der Waals surface area contributed by atoms with Gasteiger partial charge in [-0.15, -0.1) is 0 Å². The molecule has 0 aromatic heterocycles. The molecule has 0 aromatic carbocycles. The van der Waals surface area contributed by atoms with Crippen molar-refractivity contribution in [2.75, 3.05) is 0 Å². The first-order chi connectivity index (χ1) is 5.82. The molecule has 0 heterocycles. The maximum atomic E-state index is 13.4. The van der Waals surface area contributed by atoms with Crippen LogP contribution < -0.4 is 0 Å². The van der Waals surface area contributed by atoms with Crippen molar-refractivity contribution in [3.63, 3.8) is 0 Å². The molecular formula is C11H20F2. The Kier molecular flexibility index (Phi) is 2.98. The maximum Gasteiger partial charge on any atom is 0.106 e. The molecule has 13 heavy (non-hydrogen) atoms. The van der Waals surface area contributed by atoms with Crippen molar-refractivity contribution in [2.45, 2.75) is 52.9 Å². The van der Waals surface area contributed by atoms with Crippen LogP contribution in [0.1, 0.15) is 40.5 Å². The van der Waals surface area contributed by atoms with Gasteiger partial charge in [0.2, 0.25) is 0 Å². The average Bonchev–Trinajstić information content (AvgIpc) is 1.97. The number of hydrogen-bond donors (Lipinski definition) is 0. The fourth-order valence-corrected chi connectivity index (χ4v) is 2.00. The summed E-state index contributed by atoms with van der Waals surface area (Å²) in [6, 6.07) is 0. The van der Waals surface area contributed by atoms with Crippen molar-refractivity contribution in [1.29, 1.82) is 0 Å². The van der Waals surface area contributed by atoms with Gasteiger partial charge >= 0.3 is 0 Å². The Labute approximate surface area is 79.7 Å². The van der Waals surface area contributed by atoms with Gasteiger partial charge in [-0.25, -0.2) is 8.78 Å². The molecule has 0 amide bonds. The predicted octanol–water partition coefficient (Wildman–Crippen LogP) is 3.75. The molecule has 2 heteroatoms. The van der Waals surface area contributed by atoms with Crippen LogP contribution in [0, 0.1) is 17.3 Å². The van der Waals surface area contributed by atoms with E-state index in [-0.39, 0.29) is 11.3 Å². The standard InChI is InChI=1S/C11H20F2/c1-7-9(12)5-8(6-10(7)13)11(2,3)4/h7-10H,5-6H2,1-4H3. The molecule has 0 saturated heterocycles. The number of hydrogen-bond acceptors (Lipinski definition) is 0. The van der Waals surface area contributed by atoms with Crippen molar-refractivity contribution in [1.82, 2.24) is 0 Å². The van der Waals surface area contributed by atoms with Crippen LogP contribution in [0.15, 0.2) is 0 Å². The first-order valence-electron chi connectivity index (χ1n) is 5.10. The minimum absolute atomic E-state index is 0.0365. The second kappa shape index (κ2) is 3.55. The van der Waals surface area contributed by atoms with Crippen molar-refractivity contribution < 1.29 is 8.78 Å². The molecule has 1 fully saturated rings. The Bertz CT molecular complexity index is 159. The monoisotopic (exact) mass is 190 g/mol. The van der Waals surface area contributed by atoms with E-state index in [1.54, 1.807) is 6.92 Å². The minimum Gasteiger partial charge on any atom is -0.247 e. The Hall–Kier alpha value is -0.140. The minimum atomic E-state index is -0.951. The first kappa shape index (κ1) is 10.9. The van der Waals surface area contributed by atoms with Crippen LogP contribution in [0.25, 0.3) is 0 Å². The molecule has 0 nitrogen and oxygen atoms in total. The van der Waals surface area contributed by atoms with Gasteiger partial charge in [0, 0.05) is 5.92 Å². The lowest BCUT2D eigenvalue weighted by Gasteiger charge is -2.39. The summed E-state index contributed by atoms with van der Waals surface area (Å²) in [4.78, 5) is 0. The van der Waals surface area contributed by atoms with E-state index in [1.807, 2.05) is 0 Å².